The lowest BCUT2D eigenvalue weighted by atomic mass is 9.98. The molecule has 22 rings (SSSR count). The van der Waals surface area contributed by atoms with Crippen LogP contribution in [0.1, 0.15) is 7.43 Å². The molecule has 0 bridgehead atoms. The minimum atomic E-state index is 0. The Bertz CT molecular complexity index is 7070. The van der Waals surface area contributed by atoms with Crippen LogP contribution >= 0.6 is 38.5 Å². The van der Waals surface area contributed by atoms with Crippen molar-refractivity contribution < 1.29 is 17.7 Å². The fourth-order valence-electron chi connectivity index (χ4n) is 15.5. The molecule has 6 heterocycles. The third kappa shape index (κ3) is 11.8. The molecule has 0 saturated carbocycles. The van der Waals surface area contributed by atoms with E-state index in [1.54, 1.807) is 0 Å². The molecule has 0 saturated heterocycles. The van der Waals surface area contributed by atoms with E-state index in [4.69, 9.17) is 17.7 Å². The second-order valence-electron chi connectivity index (χ2n) is 26.4. The number of nitrogens with one attached hydrogen (secondary N) is 1. The number of fused-ring (bicyclic) bond motifs is 18. The maximum absolute atomic E-state index is 6.60. The summed E-state index contributed by atoms with van der Waals surface area (Å²) in [5.41, 5.74) is 21.2. The number of alkyl halides is 1. The van der Waals surface area contributed by atoms with Crippen molar-refractivity contribution in [1.82, 2.24) is 9.13 Å². The normalized spacial score (nSPS) is 11.4. The minimum Gasteiger partial charge on any atom is -0.454 e. The van der Waals surface area contributed by atoms with Gasteiger partial charge in [-0.2, -0.15) is 0 Å². The Hall–Kier alpha value is -12.9. The summed E-state index contributed by atoms with van der Waals surface area (Å²) in [6.07, 6.45) is 0. The molecular formula is C98H68BrIN4O4. The average Bonchev–Trinajstić information content (AvgIpc) is 1.58. The standard InChI is InChI=1S/C48H30N2O2.C32H20N2O2.C16H11Br.CH3I.CH4/c1-2-13-36-31(11-1)12-9-17-37(36)32-23-25-33(26-24-32)49(43-20-10-18-39-38-14-4-7-21-44(38)51-47(39)43)34-27-29-35(30-28-34)50-42-19-6-3-15-40(42)46-41-16-5-8-22-45(41)52-48(46)50;1-4-13-27-24(9-1)30-25-10-3-6-15-29(25)36-32(30)34(27)21-18-16-20(17-19-21)33-26-12-7-11-23-22-8-2-5-14-28(22)35-31(23)26;17-14-10-8-13(9-11-14)16-7-3-5-12-4-1-2-6-15(12)16;1-2;/h1-30H;1-19,33H;1-11H;1H3;1H4. The van der Waals surface area contributed by atoms with Gasteiger partial charge in [-0.3, -0.25) is 9.13 Å². The Morgan fingerprint density at radius 3 is 1.18 bits per heavy atom. The Labute approximate surface area is 644 Å². The summed E-state index contributed by atoms with van der Waals surface area (Å²) in [6, 6.07) is 127. The molecule has 22 aromatic rings. The summed E-state index contributed by atoms with van der Waals surface area (Å²) in [6.45, 7) is 0. The van der Waals surface area contributed by atoms with Crippen molar-refractivity contribution in [2.75, 3.05) is 15.1 Å². The quantitative estimate of drug-likeness (QED) is 0.115. The van der Waals surface area contributed by atoms with E-state index in [1.165, 1.54) is 54.6 Å². The summed E-state index contributed by atoms with van der Waals surface area (Å²) < 4.78 is 31.2. The smallest absolute Gasteiger partial charge is 0.213 e. The molecule has 0 spiro atoms. The van der Waals surface area contributed by atoms with Gasteiger partial charge < -0.3 is 27.9 Å². The van der Waals surface area contributed by atoms with E-state index in [0.29, 0.717) is 0 Å². The second kappa shape index (κ2) is 28.5. The number of hydrogen-bond acceptors (Lipinski definition) is 6. The van der Waals surface area contributed by atoms with Crippen LogP contribution in [0.3, 0.4) is 0 Å². The summed E-state index contributed by atoms with van der Waals surface area (Å²) in [5.74, 6) is 0. The van der Waals surface area contributed by atoms with E-state index in [0.717, 1.165) is 143 Å². The zero-order valence-corrected chi connectivity index (χ0v) is 61.6. The van der Waals surface area contributed by atoms with Gasteiger partial charge >= 0.3 is 0 Å². The lowest BCUT2D eigenvalue weighted by Gasteiger charge is -2.26. The second-order valence-corrected chi connectivity index (χ2v) is 27.3. The van der Waals surface area contributed by atoms with E-state index >= 15 is 0 Å². The van der Waals surface area contributed by atoms with Crippen molar-refractivity contribution >= 4 is 198 Å². The van der Waals surface area contributed by atoms with Crippen molar-refractivity contribution in [2.45, 2.75) is 7.43 Å². The van der Waals surface area contributed by atoms with Gasteiger partial charge in [-0.15, -0.1) is 0 Å². The third-order valence-electron chi connectivity index (χ3n) is 20.4. The van der Waals surface area contributed by atoms with Gasteiger partial charge in [0.2, 0.25) is 11.4 Å². The first-order valence-electron chi connectivity index (χ1n) is 35.6. The van der Waals surface area contributed by atoms with Gasteiger partial charge in [0.05, 0.1) is 33.2 Å². The van der Waals surface area contributed by atoms with E-state index in [-0.39, 0.29) is 7.43 Å². The highest BCUT2D eigenvalue weighted by atomic mass is 127. The number of anilines is 5. The number of rotatable bonds is 9. The topological polar surface area (TPSA) is 77.7 Å². The molecule has 108 heavy (non-hydrogen) atoms. The largest absolute Gasteiger partial charge is 0.454 e. The number of halogens is 2. The molecule has 0 fully saturated rings. The van der Waals surface area contributed by atoms with Crippen LogP contribution in [0.4, 0.5) is 28.4 Å². The molecule has 0 amide bonds. The molecule has 0 radical (unpaired) electrons. The molecule has 1 N–H and O–H groups in total. The Morgan fingerprint density at radius 2 is 0.667 bits per heavy atom. The van der Waals surface area contributed by atoms with Gasteiger partial charge in [0, 0.05) is 76.0 Å². The van der Waals surface area contributed by atoms with Crippen LogP contribution in [0.25, 0.3) is 165 Å². The third-order valence-corrected chi connectivity index (χ3v) is 20.9. The number of aromatic nitrogens is 2. The number of furan rings is 4. The lowest BCUT2D eigenvalue weighted by molar-refractivity contribution is 0.645. The van der Waals surface area contributed by atoms with E-state index in [2.05, 4.69) is 367 Å². The van der Waals surface area contributed by atoms with Crippen LogP contribution in [-0.2, 0) is 0 Å². The van der Waals surface area contributed by atoms with Crippen molar-refractivity contribution in [3.63, 3.8) is 0 Å². The molecule has 16 aromatic carbocycles. The summed E-state index contributed by atoms with van der Waals surface area (Å²) in [7, 11) is 0. The number of benzene rings is 16. The van der Waals surface area contributed by atoms with Crippen molar-refractivity contribution in [2.24, 2.45) is 0 Å². The van der Waals surface area contributed by atoms with E-state index in [9.17, 15) is 0 Å². The first-order chi connectivity index (χ1) is 53.0. The first kappa shape index (κ1) is 67.0. The molecule has 8 nitrogen and oxygen atoms in total. The molecule has 0 atom stereocenters. The predicted molar refractivity (Wildman–Crippen MR) is 467 cm³/mol. The fourth-order valence-corrected chi connectivity index (χ4v) is 15.8. The van der Waals surface area contributed by atoms with Crippen LogP contribution in [0, 0.1) is 0 Å². The molecule has 0 aliphatic heterocycles. The first-order valence-corrected chi connectivity index (χ1v) is 38.5. The van der Waals surface area contributed by atoms with Gasteiger partial charge in [-0.25, -0.2) is 0 Å². The van der Waals surface area contributed by atoms with Crippen LogP contribution < -0.4 is 10.2 Å². The lowest BCUT2D eigenvalue weighted by Crippen LogP contribution is -2.10. The molecule has 0 aliphatic rings. The van der Waals surface area contributed by atoms with Crippen molar-refractivity contribution in [3.8, 4) is 33.6 Å². The van der Waals surface area contributed by atoms with E-state index in [1.807, 2.05) is 59.5 Å². The van der Waals surface area contributed by atoms with Gasteiger partial charge in [0.1, 0.15) is 22.3 Å². The van der Waals surface area contributed by atoms with Crippen LogP contribution in [-0.4, -0.2) is 14.1 Å². The number of hydrogen-bond donors (Lipinski definition) is 1. The highest BCUT2D eigenvalue weighted by Crippen LogP contribution is 2.46. The maximum atomic E-state index is 6.60. The molecule has 518 valence electrons. The zero-order chi connectivity index (χ0) is 71.5. The van der Waals surface area contributed by atoms with Crippen LogP contribution in [0.5, 0.6) is 0 Å². The van der Waals surface area contributed by atoms with E-state index < -0.39 is 0 Å². The maximum Gasteiger partial charge on any atom is 0.213 e. The van der Waals surface area contributed by atoms with Gasteiger partial charge in [0.15, 0.2) is 11.2 Å². The van der Waals surface area contributed by atoms with Crippen LogP contribution in [0.2, 0.25) is 0 Å². The summed E-state index contributed by atoms with van der Waals surface area (Å²) in [4.78, 5) is 4.27. The highest BCUT2D eigenvalue weighted by molar-refractivity contribution is 14.1. The fraction of sp³-hybridized carbons (Fsp3) is 0.0204. The Balaban J connectivity index is 0.000000126. The average molecular weight is 1570 g/mol. The minimum absolute atomic E-state index is 0. The summed E-state index contributed by atoms with van der Waals surface area (Å²) in [5, 5.41) is 20.0. The molecule has 0 unspecified atom stereocenters. The summed E-state index contributed by atoms with van der Waals surface area (Å²) >= 11 is 5.62. The van der Waals surface area contributed by atoms with Crippen LogP contribution in [0.15, 0.2) is 386 Å². The van der Waals surface area contributed by atoms with Gasteiger partial charge in [0.25, 0.3) is 0 Å². The van der Waals surface area contributed by atoms with Crippen molar-refractivity contribution in [3.05, 3.63) is 368 Å². The molecule has 0 aliphatic carbocycles. The Morgan fingerprint density at radius 1 is 0.306 bits per heavy atom. The molecular weight excluding hydrogens is 1500 g/mol. The number of nitrogens with zero attached hydrogens (tertiary/aromatic N) is 3. The van der Waals surface area contributed by atoms with Gasteiger partial charge in [-0.1, -0.05) is 289 Å². The number of para-hydroxylation sites is 8. The molecule has 6 aromatic heterocycles. The highest BCUT2D eigenvalue weighted by Gasteiger charge is 2.24. The zero-order valence-electron chi connectivity index (χ0n) is 57.9. The SMILES string of the molecule is Brc1ccc(-c2cccc3ccccc23)cc1.C.CI.c1ccc2c(-c3ccc(N(c4ccc(-n5c6ccccc6c6c7ccccc7oc65)cc4)c4cccc5c4oc4ccccc45)cc3)cccc2c1.c1ccc2c(c1)oc1c(Nc3ccc(-n4c5ccccc5c5c6ccccc6oc54)cc3)cccc12. The predicted octanol–water partition coefficient (Wildman–Crippen LogP) is 29.8. The van der Waals surface area contributed by atoms with Crippen molar-refractivity contribution in [1.29, 1.82) is 0 Å². The van der Waals surface area contributed by atoms with Gasteiger partial charge in [-0.05, 0) is 170 Å². The Kier molecular flexibility index (Phi) is 17.7. The molecule has 10 heteroatoms. The monoisotopic (exact) mass is 1570 g/mol.